The van der Waals surface area contributed by atoms with Gasteiger partial charge in [-0.15, -0.1) is 10.2 Å². The van der Waals surface area contributed by atoms with Crippen molar-refractivity contribution in [1.82, 2.24) is 14.8 Å². The molecular weight excluding hydrogens is 460 g/mol. The monoisotopic (exact) mass is 486 g/mol. The molecule has 0 aliphatic carbocycles. The fourth-order valence-electron chi connectivity index (χ4n) is 4.01. The summed E-state index contributed by atoms with van der Waals surface area (Å²) in [6.45, 7) is 4.24. The summed E-state index contributed by atoms with van der Waals surface area (Å²) in [5, 5.41) is 12.8. The Morgan fingerprint density at radius 1 is 0.971 bits per heavy atom. The molecular formula is C27H26N4O3S. The van der Waals surface area contributed by atoms with Gasteiger partial charge in [-0.2, -0.15) is 0 Å². The third-order valence-corrected chi connectivity index (χ3v) is 6.82. The van der Waals surface area contributed by atoms with E-state index in [-0.39, 0.29) is 12.7 Å². The van der Waals surface area contributed by atoms with Gasteiger partial charge in [-0.1, -0.05) is 48.2 Å². The van der Waals surface area contributed by atoms with Crippen LogP contribution in [0.3, 0.4) is 0 Å². The summed E-state index contributed by atoms with van der Waals surface area (Å²) in [6, 6.07) is 21.8. The van der Waals surface area contributed by atoms with Gasteiger partial charge in [0, 0.05) is 29.1 Å². The molecule has 1 aliphatic heterocycles. The molecule has 0 unspecified atom stereocenters. The van der Waals surface area contributed by atoms with Crippen LogP contribution >= 0.6 is 11.8 Å². The number of aromatic nitrogens is 3. The van der Waals surface area contributed by atoms with Crippen LogP contribution in [0.2, 0.25) is 0 Å². The van der Waals surface area contributed by atoms with Crippen molar-refractivity contribution in [2.75, 3.05) is 17.9 Å². The molecule has 0 bridgehead atoms. The first-order valence-electron chi connectivity index (χ1n) is 11.5. The molecule has 0 spiro atoms. The zero-order valence-electron chi connectivity index (χ0n) is 19.7. The predicted molar refractivity (Wildman–Crippen MR) is 137 cm³/mol. The standard InChI is InChI=1S/C27H26N4O3S/c1-18-8-6-9-19(2)25(18)28-24(32)12-7-15-35-27-30-29-26(31(27)21-10-4-3-5-11-21)20-13-14-22-23(16-20)34-17-33-22/h3-6,8-11,13-14,16H,7,12,15,17H2,1-2H3,(H,28,32). The lowest BCUT2D eigenvalue weighted by atomic mass is 10.1. The minimum Gasteiger partial charge on any atom is -0.454 e. The second kappa shape index (κ2) is 10.2. The van der Waals surface area contributed by atoms with Crippen LogP contribution in [-0.2, 0) is 4.79 Å². The van der Waals surface area contributed by atoms with E-state index >= 15 is 0 Å². The van der Waals surface area contributed by atoms with Gasteiger partial charge in [-0.05, 0) is 61.7 Å². The van der Waals surface area contributed by atoms with Crippen molar-refractivity contribution in [2.24, 2.45) is 0 Å². The Labute approximate surface area is 208 Å². The molecule has 4 aromatic rings. The van der Waals surface area contributed by atoms with Crippen molar-refractivity contribution in [3.8, 4) is 28.6 Å². The summed E-state index contributed by atoms with van der Waals surface area (Å²) in [7, 11) is 0. The van der Waals surface area contributed by atoms with E-state index in [1.54, 1.807) is 11.8 Å². The number of hydrogen-bond donors (Lipinski definition) is 1. The molecule has 0 saturated heterocycles. The predicted octanol–water partition coefficient (Wildman–Crippen LogP) is 5.79. The van der Waals surface area contributed by atoms with Crippen LogP contribution in [0.4, 0.5) is 5.69 Å². The van der Waals surface area contributed by atoms with Gasteiger partial charge in [-0.25, -0.2) is 0 Å². The molecule has 7 nitrogen and oxygen atoms in total. The van der Waals surface area contributed by atoms with Crippen molar-refractivity contribution < 1.29 is 14.3 Å². The van der Waals surface area contributed by atoms with Gasteiger partial charge in [0.2, 0.25) is 12.7 Å². The highest BCUT2D eigenvalue weighted by Crippen LogP contribution is 2.37. The van der Waals surface area contributed by atoms with Crippen LogP contribution in [0.5, 0.6) is 11.5 Å². The topological polar surface area (TPSA) is 78.3 Å². The number of aryl methyl sites for hydroxylation is 2. The molecule has 1 amide bonds. The quantitative estimate of drug-likeness (QED) is 0.251. The molecule has 178 valence electrons. The Kier molecular flexibility index (Phi) is 6.72. The molecule has 0 atom stereocenters. The van der Waals surface area contributed by atoms with Crippen molar-refractivity contribution in [1.29, 1.82) is 0 Å². The van der Waals surface area contributed by atoms with E-state index in [0.29, 0.717) is 12.2 Å². The van der Waals surface area contributed by atoms with Gasteiger partial charge in [0.25, 0.3) is 0 Å². The summed E-state index contributed by atoms with van der Waals surface area (Å²) in [5.74, 6) is 2.92. The number of carbonyl (C=O) groups is 1. The molecule has 0 saturated carbocycles. The highest BCUT2D eigenvalue weighted by Gasteiger charge is 2.20. The second-order valence-electron chi connectivity index (χ2n) is 8.31. The van der Waals surface area contributed by atoms with Crippen molar-refractivity contribution in [3.05, 3.63) is 77.9 Å². The number of ether oxygens (including phenoxy) is 2. The van der Waals surface area contributed by atoms with Gasteiger partial charge in [0.05, 0.1) is 0 Å². The number of amides is 1. The van der Waals surface area contributed by atoms with E-state index in [0.717, 1.165) is 57.0 Å². The fraction of sp³-hybridized carbons (Fsp3) is 0.222. The number of hydrogen-bond acceptors (Lipinski definition) is 6. The number of nitrogens with zero attached hydrogens (tertiary/aromatic N) is 3. The minimum absolute atomic E-state index is 0.0218. The smallest absolute Gasteiger partial charge is 0.231 e. The number of anilines is 1. The van der Waals surface area contributed by atoms with E-state index in [2.05, 4.69) is 15.5 Å². The molecule has 2 heterocycles. The Balaban J connectivity index is 1.29. The number of benzene rings is 3. The summed E-state index contributed by atoms with van der Waals surface area (Å²) in [4.78, 5) is 12.5. The van der Waals surface area contributed by atoms with Crippen LogP contribution < -0.4 is 14.8 Å². The van der Waals surface area contributed by atoms with Crippen LogP contribution in [0.1, 0.15) is 24.0 Å². The molecule has 5 rings (SSSR count). The fourth-order valence-corrected chi connectivity index (χ4v) is 4.90. The Bertz CT molecular complexity index is 1330. The molecule has 0 radical (unpaired) electrons. The number of thioether (sulfide) groups is 1. The average molecular weight is 487 g/mol. The average Bonchev–Trinajstić information content (AvgIpc) is 3.51. The van der Waals surface area contributed by atoms with Crippen molar-refractivity contribution >= 4 is 23.4 Å². The lowest BCUT2D eigenvalue weighted by molar-refractivity contribution is -0.116. The highest BCUT2D eigenvalue weighted by atomic mass is 32.2. The number of nitrogens with one attached hydrogen (secondary N) is 1. The summed E-state index contributed by atoms with van der Waals surface area (Å²) < 4.78 is 13.0. The molecule has 0 fully saturated rings. The van der Waals surface area contributed by atoms with Gasteiger partial charge in [0.1, 0.15) is 0 Å². The lowest BCUT2D eigenvalue weighted by Gasteiger charge is -2.12. The third kappa shape index (κ3) is 5.02. The van der Waals surface area contributed by atoms with Crippen molar-refractivity contribution in [3.63, 3.8) is 0 Å². The van der Waals surface area contributed by atoms with Crippen molar-refractivity contribution in [2.45, 2.75) is 31.8 Å². The van der Waals surface area contributed by atoms with Crippen LogP contribution in [0.15, 0.2) is 71.9 Å². The number of carbonyl (C=O) groups excluding carboxylic acids is 1. The number of rotatable bonds is 8. The Morgan fingerprint density at radius 2 is 1.74 bits per heavy atom. The maximum atomic E-state index is 12.5. The Hall–Kier alpha value is -3.78. The molecule has 1 aliphatic rings. The molecule has 35 heavy (non-hydrogen) atoms. The summed E-state index contributed by atoms with van der Waals surface area (Å²) in [5.41, 5.74) is 4.91. The van der Waals surface area contributed by atoms with E-state index < -0.39 is 0 Å². The molecule has 1 N–H and O–H groups in total. The molecule has 1 aromatic heterocycles. The molecule has 8 heteroatoms. The number of fused-ring (bicyclic) bond motifs is 1. The molecule has 3 aromatic carbocycles. The highest BCUT2D eigenvalue weighted by molar-refractivity contribution is 7.99. The van der Waals surface area contributed by atoms with E-state index in [1.807, 2.05) is 85.1 Å². The maximum absolute atomic E-state index is 12.5. The van der Waals surface area contributed by atoms with E-state index in [4.69, 9.17) is 9.47 Å². The van der Waals surface area contributed by atoms with Gasteiger partial charge < -0.3 is 14.8 Å². The lowest BCUT2D eigenvalue weighted by Crippen LogP contribution is -2.13. The normalized spacial score (nSPS) is 12.1. The Morgan fingerprint density at radius 3 is 2.54 bits per heavy atom. The minimum atomic E-state index is 0.0218. The zero-order valence-corrected chi connectivity index (χ0v) is 20.5. The summed E-state index contributed by atoms with van der Waals surface area (Å²) in [6.07, 6.45) is 1.16. The SMILES string of the molecule is Cc1cccc(C)c1NC(=O)CCCSc1nnc(-c2ccc3c(c2)OCO3)n1-c1ccccc1. The maximum Gasteiger partial charge on any atom is 0.231 e. The first-order chi connectivity index (χ1) is 17.1. The van der Waals surface area contributed by atoms with E-state index in [1.165, 1.54) is 0 Å². The van der Waals surface area contributed by atoms with Crippen LogP contribution in [0.25, 0.3) is 17.1 Å². The third-order valence-electron chi connectivity index (χ3n) is 5.80. The largest absolute Gasteiger partial charge is 0.454 e. The van der Waals surface area contributed by atoms with E-state index in [9.17, 15) is 4.79 Å². The first kappa shape index (κ1) is 23.0. The van der Waals surface area contributed by atoms with Crippen LogP contribution in [-0.4, -0.2) is 33.2 Å². The number of para-hydroxylation sites is 2. The van der Waals surface area contributed by atoms with Gasteiger partial charge >= 0.3 is 0 Å². The zero-order chi connectivity index (χ0) is 24.2. The summed E-state index contributed by atoms with van der Waals surface area (Å²) >= 11 is 1.59. The second-order valence-corrected chi connectivity index (χ2v) is 9.37. The first-order valence-corrected chi connectivity index (χ1v) is 12.5. The van der Waals surface area contributed by atoms with Crippen LogP contribution in [0, 0.1) is 13.8 Å². The van der Waals surface area contributed by atoms with Gasteiger partial charge in [-0.3, -0.25) is 9.36 Å². The van der Waals surface area contributed by atoms with Gasteiger partial charge in [0.15, 0.2) is 22.5 Å².